The standard InChI is InChI=1S/C12H15F3N4/c13-12(14,15)9-2-1-5-19(7-9)10-6-8(11(16)17)3-4-18-10/h3-4,6,9H,1-2,5,7H2,(H3,16,17). The number of amidine groups is 1. The number of nitrogens with two attached hydrogens (primary N) is 1. The molecule has 7 heteroatoms. The summed E-state index contributed by atoms with van der Waals surface area (Å²) in [7, 11) is 0. The zero-order valence-corrected chi connectivity index (χ0v) is 10.2. The Labute approximate surface area is 108 Å². The van der Waals surface area contributed by atoms with E-state index in [4.69, 9.17) is 11.1 Å². The summed E-state index contributed by atoms with van der Waals surface area (Å²) < 4.78 is 38.2. The molecule has 1 aromatic rings. The quantitative estimate of drug-likeness (QED) is 0.640. The molecular weight excluding hydrogens is 257 g/mol. The molecule has 4 nitrogen and oxygen atoms in total. The zero-order chi connectivity index (χ0) is 14.0. The Morgan fingerprint density at radius 2 is 2.21 bits per heavy atom. The molecule has 0 amide bonds. The number of alkyl halides is 3. The fraction of sp³-hybridized carbons (Fsp3) is 0.500. The molecule has 1 aliphatic rings. The molecule has 0 aliphatic carbocycles. The molecule has 2 heterocycles. The van der Waals surface area contributed by atoms with Crippen molar-refractivity contribution in [3.8, 4) is 0 Å². The van der Waals surface area contributed by atoms with Crippen LogP contribution in [0.5, 0.6) is 0 Å². The number of hydrogen-bond donors (Lipinski definition) is 2. The first-order valence-electron chi connectivity index (χ1n) is 6.00. The molecule has 1 unspecified atom stereocenters. The Kier molecular flexibility index (Phi) is 3.64. The Morgan fingerprint density at radius 3 is 2.84 bits per heavy atom. The molecular formula is C12H15F3N4. The highest BCUT2D eigenvalue weighted by molar-refractivity contribution is 5.95. The molecule has 1 saturated heterocycles. The van der Waals surface area contributed by atoms with Gasteiger partial charge in [-0.05, 0) is 25.0 Å². The smallest absolute Gasteiger partial charge is 0.384 e. The van der Waals surface area contributed by atoms with Crippen LogP contribution in [0.3, 0.4) is 0 Å². The molecule has 3 N–H and O–H groups in total. The third-order valence-electron chi connectivity index (χ3n) is 3.26. The lowest BCUT2D eigenvalue weighted by molar-refractivity contribution is -0.176. The number of piperidine rings is 1. The number of aromatic nitrogens is 1. The van der Waals surface area contributed by atoms with Gasteiger partial charge in [-0.2, -0.15) is 13.2 Å². The molecule has 2 rings (SSSR count). The van der Waals surface area contributed by atoms with Crippen molar-refractivity contribution in [2.45, 2.75) is 19.0 Å². The van der Waals surface area contributed by atoms with Crippen LogP contribution in [0.4, 0.5) is 19.0 Å². The molecule has 1 aliphatic heterocycles. The maximum atomic E-state index is 12.7. The van der Waals surface area contributed by atoms with Crippen LogP contribution >= 0.6 is 0 Å². The minimum Gasteiger partial charge on any atom is -0.384 e. The lowest BCUT2D eigenvalue weighted by atomic mass is 9.97. The SMILES string of the molecule is N=C(N)c1ccnc(N2CCCC(C(F)(F)F)C2)c1. The Balaban J connectivity index is 2.17. The van der Waals surface area contributed by atoms with Gasteiger partial charge in [0.25, 0.3) is 0 Å². The first-order chi connectivity index (χ1) is 8.88. The van der Waals surface area contributed by atoms with E-state index in [0.29, 0.717) is 24.3 Å². The predicted octanol–water partition coefficient (Wildman–Crippen LogP) is 2.14. The van der Waals surface area contributed by atoms with Gasteiger partial charge >= 0.3 is 6.18 Å². The number of hydrogen-bond acceptors (Lipinski definition) is 3. The topological polar surface area (TPSA) is 66.0 Å². The normalized spacial score (nSPS) is 20.4. The third kappa shape index (κ3) is 3.15. The molecule has 0 radical (unpaired) electrons. The average Bonchev–Trinajstić information content (AvgIpc) is 2.38. The second-order valence-electron chi connectivity index (χ2n) is 4.64. The second kappa shape index (κ2) is 5.07. The van der Waals surface area contributed by atoms with Crippen LogP contribution in [-0.4, -0.2) is 30.1 Å². The molecule has 1 fully saturated rings. The number of nitrogens with one attached hydrogen (secondary N) is 1. The van der Waals surface area contributed by atoms with Crippen molar-refractivity contribution >= 4 is 11.7 Å². The van der Waals surface area contributed by atoms with E-state index in [1.807, 2.05) is 0 Å². The number of nitrogen functional groups attached to an aromatic ring is 1. The van der Waals surface area contributed by atoms with Crippen LogP contribution in [0.15, 0.2) is 18.3 Å². The molecule has 104 valence electrons. The van der Waals surface area contributed by atoms with Crippen LogP contribution in [0.1, 0.15) is 18.4 Å². The van der Waals surface area contributed by atoms with Crippen molar-refractivity contribution in [2.75, 3.05) is 18.0 Å². The molecule has 0 aromatic carbocycles. The van der Waals surface area contributed by atoms with Gasteiger partial charge < -0.3 is 10.6 Å². The lowest BCUT2D eigenvalue weighted by Crippen LogP contribution is -2.42. The first kappa shape index (κ1) is 13.6. The third-order valence-corrected chi connectivity index (χ3v) is 3.26. The van der Waals surface area contributed by atoms with Crippen molar-refractivity contribution < 1.29 is 13.2 Å². The monoisotopic (exact) mass is 272 g/mol. The summed E-state index contributed by atoms with van der Waals surface area (Å²) in [6, 6.07) is 3.12. The summed E-state index contributed by atoms with van der Waals surface area (Å²) in [6.07, 6.45) is -2.07. The number of nitrogens with zero attached hydrogens (tertiary/aromatic N) is 2. The predicted molar refractivity (Wildman–Crippen MR) is 66.2 cm³/mol. The highest BCUT2D eigenvalue weighted by Crippen LogP contribution is 2.34. The average molecular weight is 272 g/mol. The van der Waals surface area contributed by atoms with E-state index in [-0.39, 0.29) is 18.8 Å². The van der Waals surface area contributed by atoms with E-state index in [0.717, 1.165) is 0 Å². The van der Waals surface area contributed by atoms with E-state index >= 15 is 0 Å². The number of halogens is 3. The van der Waals surface area contributed by atoms with Crippen LogP contribution in [-0.2, 0) is 0 Å². The van der Waals surface area contributed by atoms with Gasteiger partial charge in [-0.15, -0.1) is 0 Å². The van der Waals surface area contributed by atoms with E-state index in [2.05, 4.69) is 4.98 Å². The molecule has 1 aromatic heterocycles. The summed E-state index contributed by atoms with van der Waals surface area (Å²) in [5.41, 5.74) is 5.84. The van der Waals surface area contributed by atoms with Gasteiger partial charge in [-0.3, -0.25) is 5.41 Å². The maximum Gasteiger partial charge on any atom is 0.393 e. The summed E-state index contributed by atoms with van der Waals surface area (Å²) in [5, 5.41) is 7.34. The van der Waals surface area contributed by atoms with Gasteiger partial charge in [0.1, 0.15) is 11.7 Å². The zero-order valence-electron chi connectivity index (χ0n) is 10.2. The minimum atomic E-state index is -4.17. The summed E-state index contributed by atoms with van der Waals surface area (Å²) in [5.74, 6) is -0.987. The van der Waals surface area contributed by atoms with Crippen molar-refractivity contribution in [2.24, 2.45) is 11.7 Å². The Bertz CT molecular complexity index is 472. The molecule has 0 bridgehead atoms. The van der Waals surface area contributed by atoms with Crippen LogP contribution in [0.2, 0.25) is 0 Å². The van der Waals surface area contributed by atoms with Crippen molar-refractivity contribution in [1.82, 2.24) is 4.98 Å². The van der Waals surface area contributed by atoms with Gasteiger partial charge in [0.2, 0.25) is 0 Å². The first-order valence-corrected chi connectivity index (χ1v) is 6.00. The van der Waals surface area contributed by atoms with Gasteiger partial charge in [0.05, 0.1) is 5.92 Å². The van der Waals surface area contributed by atoms with Gasteiger partial charge in [-0.25, -0.2) is 4.98 Å². The van der Waals surface area contributed by atoms with Crippen molar-refractivity contribution in [3.63, 3.8) is 0 Å². The number of rotatable bonds is 2. The number of anilines is 1. The molecule has 0 saturated carbocycles. The number of pyridine rings is 1. The summed E-state index contributed by atoms with van der Waals surface area (Å²) >= 11 is 0. The van der Waals surface area contributed by atoms with Crippen molar-refractivity contribution in [1.29, 1.82) is 5.41 Å². The van der Waals surface area contributed by atoms with E-state index < -0.39 is 12.1 Å². The summed E-state index contributed by atoms with van der Waals surface area (Å²) in [6.45, 7) is 0.457. The highest BCUT2D eigenvalue weighted by Gasteiger charge is 2.42. The molecule has 0 spiro atoms. The van der Waals surface area contributed by atoms with Gasteiger partial charge in [0.15, 0.2) is 0 Å². The van der Waals surface area contributed by atoms with E-state index in [9.17, 15) is 13.2 Å². The highest BCUT2D eigenvalue weighted by atomic mass is 19.4. The van der Waals surface area contributed by atoms with Gasteiger partial charge in [0, 0.05) is 24.8 Å². The lowest BCUT2D eigenvalue weighted by Gasteiger charge is -2.34. The molecule has 19 heavy (non-hydrogen) atoms. The molecule has 1 atom stereocenters. The Morgan fingerprint density at radius 1 is 1.47 bits per heavy atom. The largest absolute Gasteiger partial charge is 0.393 e. The fourth-order valence-corrected chi connectivity index (χ4v) is 2.21. The Hall–Kier alpha value is -1.79. The van der Waals surface area contributed by atoms with E-state index in [1.165, 1.54) is 6.20 Å². The van der Waals surface area contributed by atoms with Crippen LogP contribution < -0.4 is 10.6 Å². The fourth-order valence-electron chi connectivity index (χ4n) is 2.21. The maximum absolute atomic E-state index is 12.7. The van der Waals surface area contributed by atoms with E-state index in [1.54, 1.807) is 17.0 Å². The minimum absolute atomic E-state index is 0.0855. The summed E-state index contributed by atoms with van der Waals surface area (Å²) in [4.78, 5) is 5.67. The van der Waals surface area contributed by atoms with Gasteiger partial charge in [-0.1, -0.05) is 0 Å². The van der Waals surface area contributed by atoms with Crippen LogP contribution in [0.25, 0.3) is 0 Å². The van der Waals surface area contributed by atoms with Crippen LogP contribution in [0, 0.1) is 11.3 Å². The second-order valence-corrected chi connectivity index (χ2v) is 4.64. The van der Waals surface area contributed by atoms with Crippen molar-refractivity contribution in [3.05, 3.63) is 23.9 Å².